The number of benzene rings is 1. The Labute approximate surface area is 92.0 Å². The van der Waals surface area contributed by atoms with Gasteiger partial charge in [-0.15, -0.1) is 11.8 Å². The van der Waals surface area contributed by atoms with Crippen LogP contribution in [0.25, 0.3) is 0 Å². The molecule has 1 aromatic carbocycles. The minimum absolute atomic E-state index is 0.824. The molecule has 0 unspecified atom stereocenters. The maximum Gasteiger partial charge on any atom is 0.0314 e. The first-order valence-electron chi connectivity index (χ1n) is 4.34. The highest BCUT2D eigenvalue weighted by atomic mass is 32.2. The highest BCUT2D eigenvalue weighted by molar-refractivity contribution is 7.98. The summed E-state index contributed by atoms with van der Waals surface area (Å²) in [5, 5.41) is 4.29. The van der Waals surface area contributed by atoms with E-state index in [-0.39, 0.29) is 0 Å². The molecule has 0 atom stereocenters. The molecule has 14 heavy (non-hydrogen) atoms. The highest BCUT2D eigenvalue weighted by Gasteiger charge is 1.96. The van der Waals surface area contributed by atoms with Gasteiger partial charge in [-0.25, -0.2) is 0 Å². The molecule has 72 valence electrons. The van der Waals surface area contributed by atoms with Crippen LogP contribution in [0.2, 0.25) is 0 Å². The fourth-order valence-corrected chi connectivity index (χ4v) is 2.72. The van der Waals surface area contributed by atoms with E-state index in [1.54, 1.807) is 11.3 Å². The molecule has 0 aliphatic carbocycles. The second-order valence-corrected chi connectivity index (χ2v) is 4.82. The number of anilines is 1. The number of thioether (sulfide) groups is 1. The van der Waals surface area contributed by atoms with Crippen molar-refractivity contribution in [1.82, 2.24) is 0 Å². The lowest BCUT2D eigenvalue weighted by Gasteiger charge is -2.00. The maximum absolute atomic E-state index is 5.61. The van der Waals surface area contributed by atoms with Crippen LogP contribution in [-0.2, 0) is 5.75 Å². The third-order valence-electron chi connectivity index (χ3n) is 1.87. The molecule has 0 radical (unpaired) electrons. The molecule has 0 saturated heterocycles. The van der Waals surface area contributed by atoms with Gasteiger partial charge >= 0.3 is 0 Å². The predicted octanol–water partition coefficient (Wildman–Crippen LogP) is 3.62. The summed E-state index contributed by atoms with van der Waals surface area (Å²) >= 11 is 3.58. The van der Waals surface area contributed by atoms with E-state index >= 15 is 0 Å². The molecular weight excluding hydrogens is 210 g/mol. The standard InChI is InChI=1S/C11H11NS2/c12-10-1-3-11(4-2-10)14-8-9-5-6-13-7-9/h1-7H,8,12H2. The number of hydrogen-bond acceptors (Lipinski definition) is 3. The van der Waals surface area contributed by atoms with Crippen LogP contribution in [0.1, 0.15) is 5.56 Å². The number of rotatable bonds is 3. The lowest BCUT2D eigenvalue weighted by Crippen LogP contribution is -1.82. The molecule has 2 N–H and O–H groups in total. The average molecular weight is 221 g/mol. The van der Waals surface area contributed by atoms with Gasteiger partial charge < -0.3 is 5.73 Å². The zero-order valence-electron chi connectivity index (χ0n) is 7.64. The molecule has 1 nitrogen and oxygen atoms in total. The van der Waals surface area contributed by atoms with Crippen LogP contribution in [0.15, 0.2) is 46.0 Å². The molecule has 0 aliphatic rings. The Bertz CT molecular complexity index is 378. The zero-order chi connectivity index (χ0) is 9.80. The summed E-state index contributed by atoms with van der Waals surface area (Å²) in [6, 6.07) is 10.2. The summed E-state index contributed by atoms with van der Waals surface area (Å²) in [5.41, 5.74) is 7.82. The van der Waals surface area contributed by atoms with Crippen molar-refractivity contribution in [2.24, 2.45) is 0 Å². The summed E-state index contributed by atoms with van der Waals surface area (Å²) in [4.78, 5) is 1.27. The van der Waals surface area contributed by atoms with Crippen molar-refractivity contribution in [2.75, 3.05) is 5.73 Å². The van der Waals surface area contributed by atoms with E-state index in [0.29, 0.717) is 0 Å². The van der Waals surface area contributed by atoms with E-state index in [9.17, 15) is 0 Å². The third kappa shape index (κ3) is 2.53. The van der Waals surface area contributed by atoms with Crippen molar-refractivity contribution in [3.8, 4) is 0 Å². The van der Waals surface area contributed by atoms with Gasteiger partial charge in [0.15, 0.2) is 0 Å². The summed E-state index contributed by atoms with van der Waals surface area (Å²) < 4.78 is 0. The number of thiophene rings is 1. The lowest BCUT2D eigenvalue weighted by molar-refractivity contribution is 1.41. The quantitative estimate of drug-likeness (QED) is 0.633. The second-order valence-electron chi connectivity index (χ2n) is 2.99. The van der Waals surface area contributed by atoms with Gasteiger partial charge in [-0.1, -0.05) is 0 Å². The van der Waals surface area contributed by atoms with Gasteiger partial charge in [0.1, 0.15) is 0 Å². The van der Waals surface area contributed by atoms with E-state index in [1.807, 2.05) is 23.9 Å². The normalized spacial score (nSPS) is 10.3. The van der Waals surface area contributed by atoms with Gasteiger partial charge in [-0.2, -0.15) is 11.3 Å². The van der Waals surface area contributed by atoms with E-state index in [1.165, 1.54) is 10.5 Å². The van der Waals surface area contributed by atoms with Crippen molar-refractivity contribution < 1.29 is 0 Å². The van der Waals surface area contributed by atoms with Crippen molar-refractivity contribution in [2.45, 2.75) is 10.6 Å². The minimum atomic E-state index is 0.824. The van der Waals surface area contributed by atoms with Crippen LogP contribution < -0.4 is 5.73 Å². The molecule has 3 heteroatoms. The molecule has 0 fully saturated rings. The predicted molar refractivity (Wildman–Crippen MR) is 64.7 cm³/mol. The monoisotopic (exact) mass is 221 g/mol. The topological polar surface area (TPSA) is 26.0 Å². The Morgan fingerprint density at radius 1 is 1.14 bits per heavy atom. The molecule has 0 spiro atoms. The van der Waals surface area contributed by atoms with Crippen LogP contribution in [0.3, 0.4) is 0 Å². The Balaban J connectivity index is 1.95. The molecular formula is C11H11NS2. The minimum Gasteiger partial charge on any atom is -0.399 e. The summed E-state index contributed by atoms with van der Waals surface area (Å²) in [5.74, 6) is 1.04. The van der Waals surface area contributed by atoms with Gasteiger partial charge in [0.2, 0.25) is 0 Å². The third-order valence-corrected chi connectivity index (χ3v) is 3.68. The fraction of sp³-hybridized carbons (Fsp3) is 0.0909. The van der Waals surface area contributed by atoms with Gasteiger partial charge in [-0.05, 0) is 46.7 Å². The molecule has 1 aromatic heterocycles. The molecule has 0 aliphatic heterocycles. The van der Waals surface area contributed by atoms with Crippen LogP contribution in [0.4, 0.5) is 5.69 Å². The van der Waals surface area contributed by atoms with Crippen molar-refractivity contribution in [3.63, 3.8) is 0 Å². The van der Waals surface area contributed by atoms with Crippen molar-refractivity contribution in [1.29, 1.82) is 0 Å². The van der Waals surface area contributed by atoms with E-state index < -0.39 is 0 Å². The fourth-order valence-electron chi connectivity index (χ4n) is 1.11. The molecule has 1 heterocycles. The van der Waals surface area contributed by atoms with E-state index in [0.717, 1.165) is 11.4 Å². The largest absolute Gasteiger partial charge is 0.399 e. The molecule has 0 amide bonds. The van der Waals surface area contributed by atoms with Gasteiger partial charge in [0.25, 0.3) is 0 Å². The van der Waals surface area contributed by atoms with E-state index in [4.69, 9.17) is 5.73 Å². The van der Waals surface area contributed by atoms with Crippen LogP contribution >= 0.6 is 23.1 Å². The van der Waals surface area contributed by atoms with Crippen LogP contribution in [0, 0.1) is 0 Å². The van der Waals surface area contributed by atoms with Gasteiger partial charge in [0.05, 0.1) is 0 Å². The molecule has 0 bridgehead atoms. The SMILES string of the molecule is Nc1ccc(SCc2ccsc2)cc1. The average Bonchev–Trinajstić information content (AvgIpc) is 2.70. The number of nitrogens with two attached hydrogens (primary N) is 1. The van der Waals surface area contributed by atoms with Crippen LogP contribution in [-0.4, -0.2) is 0 Å². The Morgan fingerprint density at radius 3 is 2.57 bits per heavy atom. The molecule has 0 saturated carbocycles. The van der Waals surface area contributed by atoms with Gasteiger partial charge in [0, 0.05) is 16.3 Å². The number of hydrogen-bond donors (Lipinski definition) is 1. The Kier molecular flexibility index (Phi) is 3.11. The first-order chi connectivity index (χ1) is 6.84. The number of nitrogen functional groups attached to an aromatic ring is 1. The summed E-state index contributed by atoms with van der Waals surface area (Å²) in [7, 11) is 0. The first-order valence-corrected chi connectivity index (χ1v) is 6.27. The zero-order valence-corrected chi connectivity index (χ0v) is 9.28. The molecule has 2 rings (SSSR count). The second kappa shape index (κ2) is 4.53. The van der Waals surface area contributed by atoms with Crippen LogP contribution in [0.5, 0.6) is 0 Å². The molecule has 2 aromatic rings. The Hall–Kier alpha value is -0.930. The van der Waals surface area contributed by atoms with Gasteiger partial charge in [-0.3, -0.25) is 0 Å². The summed E-state index contributed by atoms with van der Waals surface area (Å²) in [6.45, 7) is 0. The van der Waals surface area contributed by atoms with Crippen molar-refractivity contribution in [3.05, 3.63) is 46.7 Å². The highest BCUT2D eigenvalue weighted by Crippen LogP contribution is 2.24. The first kappa shape index (κ1) is 9.62. The van der Waals surface area contributed by atoms with Crippen molar-refractivity contribution >= 4 is 28.8 Å². The smallest absolute Gasteiger partial charge is 0.0314 e. The summed E-state index contributed by atoms with van der Waals surface area (Å²) in [6.07, 6.45) is 0. The van der Waals surface area contributed by atoms with E-state index in [2.05, 4.69) is 29.0 Å². The lowest BCUT2D eigenvalue weighted by atomic mass is 10.3. The maximum atomic E-state index is 5.61. The Morgan fingerprint density at radius 2 is 1.93 bits per heavy atom.